The number of halogens is 2. The number of hydrazone groups is 1. The van der Waals surface area contributed by atoms with Gasteiger partial charge in [0.25, 0.3) is 0 Å². The van der Waals surface area contributed by atoms with Crippen molar-refractivity contribution in [1.29, 1.82) is 0 Å². The highest BCUT2D eigenvalue weighted by atomic mass is 33.1. The molecule has 0 bridgehead atoms. The second-order valence-corrected chi connectivity index (χ2v) is 11.3. The van der Waals surface area contributed by atoms with Crippen LogP contribution in [0.2, 0.25) is 0 Å². The minimum Gasteiger partial charge on any atom is -0.448 e. The second kappa shape index (κ2) is 16.3. The first kappa shape index (κ1) is 33.9. The van der Waals surface area contributed by atoms with E-state index >= 15 is 0 Å². The average molecular weight is 665 g/mol. The average Bonchev–Trinajstić information content (AvgIpc) is 3.18. The number of pyridine rings is 1. The summed E-state index contributed by atoms with van der Waals surface area (Å²) in [6, 6.07) is 4.29. The number of aliphatic hydroxyl groups excluding tert-OH is 2. The molecular formula is C22H26F2N8O8S3. The van der Waals surface area contributed by atoms with Crippen molar-refractivity contribution in [2.24, 2.45) is 10.8 Å². The van der Waals surface area contributed by atoms with Crippen LogP contribution in [-0.2, 0) is 14.2 Å². The van der Waals surface area contributed by atoms with Gasteiger partial charge in [0.15, 0.2) is 11.2 Å². The van der Waals surface area contributed by atoms with E-state index in [-0.39, 0.29) is 24.1 Å². The normalized spacial score (nSPS) is 19.1. The zero-order valence-corrected chi connectivity index (χ0v) is 24.4. The Labute approximate surface area is 255 Å². The van der Waals surface area contributed by atoms with Crippen molar-refractivity contribution in [2.75, 3.05) is 42.0 Å². The van der Waals surface area contributed by atoms with Gasteiger partial charge in [-0.15, -0.1) is 0 Å². The van der Waals surface area contributed by atoms with Crippen molar-refractivity contribution in [3.63, 3.8) is 0 Å². The standard InChI is InChI=1S/C22H26F2N8O8S3/c23-22(24)16(34)14(11-33)40-17(22)32-5-3-15(29-19(32)35)30-21(37)39-7-9-43-42-8-6-38-20(36)28-12-2-1-4-26-13(12)10-27-31-18(25)41/h1-5,10,14,16-17,33-34H,6-9,11H2,(H,28,36)(H3,25,31,41)(H,29,30,35,37)/b27-10+. The molecule has 3 rings (SSSR count). The van der Waals surface area contributed by atoms with Gasteiger partial charge in [-0.2, -0.15) is 18.9 Å². The molecule has 0 radical (unpaired) electrons. The van der Waals surface area contributed by atoms with Gasteiger partial charge < -0.3 is 30.2 Å². The molecule has 234 valence electrons. The Morgan fingerprint density at radius 1 is 1.23 bits per heavy atom. The highest BCUT2D eigenvalue weighted by Crippen LogP contribution is 2.42. The first-order valence-electron chi connectivity index (χ1n) is 12.1. The van der Waals surface area contributed by atoms with E-state index in [1.54, 1.807) is 12.1 Å². The number of aliphatic hydroxyl groups is 2. The molecule has 1 aliphatic heterocycles. The number of ether oxygens (including phenoxy) is 3. The van der Waals surface area contributed by atoms with Gasteiger partial charge in [-0.3, -0.25) is 25.6 Å². The predicted octanol–water partition coefficient (Wildman–Crippen LogP) is 0.870. The van der Waals surface area contributed by atoms with Crippen molar-refractivity contribution >= 4 is 68.8 Å². The lowest BCUT2D eigenvalue weighted by Crippen LogP contribution is -2.41. The summed E-state index contributed by atoms with van der Waals surface area (Å²) >= 11 is 4.65. The molecule has 3 atom stereocenters. The summed E-state index contributed by atoms with van der Waals surface area (Å²) in [5, 5.41) is 27.2. The zero-order valence-electron chi connectivity index (χ0n) is 21.9. The van der Waals surface area contributed by atoms with Crippen LogP contribution in [-0.4, -0.2) is 97.7 Å². The van der Waals surface area contributed by atoms with Gasteiger partial charge in [-0.1, -0.05) is 21.6 Å². The highest BCUT2D eigenvalue weighted by Gasteiger charge is 2.59. The molecule has 7 N–H and O–H groups in total. The Morgan fingerprint density at radius 3 is 2.51 bits per heavy atom. The Bertz CT molecular complexity index is 1370. The molecule has 43 heavy (non-hydrogen) atoms. The summed E-state index contributed by atoms with van der Waals surface area (Å²) in [5.41, 5.74) is 7.19. The number of alkyl halides is 2. The third-order valence-electron chi connectivity index (χ3n) is 5.19. The maximum Gasteiger partial charge on any atom is 0.412 e. The third-order valence-corrected chi connectivity index (χ3v) is 7.62. The van der Waals surface area contributed by atoms with E-state index in [0.29, 0.717) is 27.5 Å². The largest absolute Gasteiger partial charge is 0.448 e. The number of hydrogen-bond donors (Lipinski definition) is 6. The molecule has 0 spiro atoms. The van der Waals surface area contributed by atoms with Gasteiger partial charge in [0.1, 0.15) is 30.8 Å². The third kappa shape index (κ3) is 9.96. The number of carbonyl (C=O) groups excluding carboxylic acids is 2. The number of nitrogens with zero attached hydrogens (tertiary/aromatic N) is 4. The first-order valence-corrected chi connectivity index (χ1v) is 15.0. The number of nitrogens with two attached hydrogens (primary N) is 1. The minimum atomic E-state index is -3.86. The molecule has 2 aromatic heterocycles. The highest BCUT2D eigenvalue weighted by molar-refractivity contribution is 8.76. The lowest BCUT2D eigenvalue weighted by molar-refractivity contribution is -0.140. The Balaban J connectivity index is 1.31. The van der Waals surface area contributed by atoms with Crippen LogP contribution in [0.25, 0.3) is 0 Å². The molecule has 2 amide bonds. The van der Waals surface area contributed by atoms with E-state index in [2.05, 4.69) is 43.3 Å². The number of carbonyl (C=O) groups is 2. The molecule has 0 aliphatic carbocycles. The molecule has 1 saturated heterocycles. The number of hydrogen-bond acceptors (Lipinski definition) is 14. The maximum absolute atomic E-state index is 14.3. The van der Waals surface area contributed by atoms with Gasteiger partial charge in [-0.25, -0.2) is 14.4 Å². The van der Waals surface area contributed by atoms with Crippen LogP contribution in [0.4, 0.5) is 29.9 Å². The fraction of sp³-hybridized carbons (Fsp3) is 0.409. The topological polar surface area (TPSA) is 225 Å². The summed E-state index contributed by atoms with van der Waals surface area (Å²) in [6.45, 7) is -0.802. The monoisotopic (exact) mass is 664 g/mol. The van der Waals surface area contributed by atoms with E-state index in [9.17, 15) is 28.3 Å². The maximum atomic E-state index is 14.3. The van der Waals surface area contributed by atoms with Crippen molar-refractivity contribution in [3.8, 4) is 0 Å². The molecule has 0 aromatic carbocycles. The van der Waals surface area contributed by atoms with Gasteiger partial charge in [0.2, 0.25) is 6.23 Å². The molecule has 3 unspecified atom stereocenters. The van der Waals surface area contributed by atoms with Crippen LogP contribution in [0.15, 0.2) is 40.5 Å². The number of amides is 2. The van der Waals surface area contributed by atoms with Gasteiger partial charge in [0.05, 0.1) is 18.5 Å². The molecule has 21 heteroatoms. The van der Waals surface area contributed by atoms with E-state index < -0.39 is 48.8 Å². The van der Waals surface area contributed by atoms with Crippen LogP contribution in [0.5, 0.6) is 0 Å². The zero-order chi connectivity index (χ0) is 31.4. The van der Waals surface area contributed by atoms with Crippen molar-refractivity contribution in [1.82, 2.24) is 20.0 Å². The van der Waals surface area contributed by atoms with Crippen LogP contribution in [0, 0.1) is 0 Å². The van der Waals surface area contributed by atoms with Crippen molar-refractivity contribution in [2.45, 2.75) is 24.4 Å². The lowest BCUT2D eigenvalue weighted by Gasteiger charge is -2.21. The fourth-order valence-corrected chi connectivity index (χ4v) is 5.01. The molecule has 0 saturated carbocycles. The molecule has 1 aliphatic rings. The van der Waals surface area contributed by atoms with Gasteiger partial charge >= 0.3 is 23.8 Å². The summed E-state index contributed by atoms with van der Waals surface area (Å²) in [4.78, 5) is 43.8. The van der Waals surface area contributed by atoms with Crippen molar-refractivity contribution < 1.29 is 42.8 Å². The second-order valence-electron chi connectivity index (χ2n) is 8.17. The predicted molar refractivity (Wildman–Crippen MR) is 157 cm³/mol. The quantitative estimate of drug-likeness (QED) is 0.0574. The summed E-state index contributed by atoms with van der Waals surface area (Å²) < 4.78 is 44.0. The number of aromatic nitrogens is 3. The summed E-state index contributed by atoms with van der Waals surface area (Å²) in [7, 11) is 2.71. The van der Waals surface area contributed by atoms with Crippen LogP contribution in [0.1, 0.15) is 11.9 Å². The number of nitrogens with one attached hydrogen (secondary N) is 3. The summed E-state index contributed by atoms with van der Waals surface area (Å²) in [5.74, 6) is -3.31. The minimum absolute atomic E-state index is 0.0143. The smallest absolute Gasteiger partial charge is 0.412 e. The number of rotatable bonds is 13. The Hall–Kier alpha value is -3.63. The Morgan fingerprint density at radius 2 is 1.91 bits per heavy atom. The first-order chi connectivity index (χ1) is 20.5. The molecule has 16 nitrogen and oxygen atoms in total. The number of anilines is 2. The van der Waals surface area contributed by atoms with E-state index in [1.165, 1.54) is 34.0 Å². The number of thiocarbonyl (C=S) groups is 1. The SMILES string of the molecule is NC(=S)N/N=C/c1ncccc1NC(=O)OCCSSCCOC(=O)Nc1ccn(C2OC(CO)C(O)C2(F)F)c(=O)n1. The van der Waals surface area contributed by atoms with Gasteiger partial charge in [-0.05, 0) is 30.4 Å². The molecular weight excluding hydrogens is 638 g/mol. The molecule has 3 heterocycles. The van der Waals surface area contributed by atoms with E-state index in [1.807, 2.05) is 0 Å². The lowest BCUT2D eigenvalue weighted by atomic mass is 10.1. The van der Waals surface area contributed by atoms with Crippen LogP contribution >= 0.6 is 33.8 Å². The van der Waals surface area contributed by atoms with Crippen LogP contribution in [0.3, 0.4) is 0 Å². The summed E-state index contributed by atoms with van der Waals surface area (Å²) in [6.07, 6.45) is -3.98. The molecule has 1 fully saturated rings. The van der Waals surface area contributed by atoms with E-state index in [0.717, 1.165) is 12.3 Å². The van der Waals surface area contributed by atoms with E-state index in [4.69, 9.17) is 25.1 Å². The van der Waals surface area contributed by atoms with Crippen LogP contribution < -0.4 is 27.5 Å². The molecule has 2 aromatic rings. The fourth-order valence-electron chi connectivity index (χ4n) is 3.30. The van der Waals surface area contributed by atoms with Gasteiger partial charge in [0, 0.05) is 23.9 Å². The Kier molecular flexibility index (Phi) is 12.8. The van der Waals surface area contributed by atoms with Crippen molar-refractivity contribution in [3.05, 3.63) is 46.8 Å².